The average Bonchev–Trinajstić information content (AvgIpc) is 3.38. The quantitative estimate of drug-likeness (QED) is 0.299. The summed E-state index contributed by atoms with van der Waals surface area (Å²) in [6.45, 7) is 10.5. The summed E-state index contributed by atoms with van der Waals surface area (Å²) in [6, 6.07) is 7.87. The number of aromatic amines is 1. The van der Waals surface area contributed by atoms with Crippen molar-refractivity contribution >= 4 is 34.0 Å². The summed E-state index contributed by atoms with van der Waals surface area (Å²) in [7, 11) is 3.34. The first-order valence-corrected chi connectivity index (χ1v) is 12.4. The number of H-pyrrole nitrogens is 1. The largest absolute Gasteiger partial charge is 0.494 e. The number of methoxy groups -OCH3 is 1. The van der Waals surface area contributed by atoms with E-state index in [1.54, 1.807) is 71.9 Å². The van der Waals surface area contributed by atoms with Gasteiger partial charge in [0, 0.05) is 18.0 Å². The van der Waals surface area contributed by atoms with Crippen molar-refractivity contribution in [1.82, 2.24) is 19.9 Å². The van der Waals surface area contributed by atoms with Crippen LogP contribution >= 0.6 is 0 Å². The lowest BCUT2D eigenvalue weighted by Crippen LogP contribution is -2.34. The van der Waals surface area contributed by atoms with Gasteiger partial charge in [-0.2, -0.15) is 0 Å². The maximum Gasteiger partial charge on any atom is 0.408 e. The molecule has 0 bridgehead atoms. The number of nitrogens with one attached hydrogen (secondary N) is 2. The Balaban J connectivity index is 1.72. The Morgan fingerprint density at radius 2 is 1.84 bits per heavy atom. The number of amides is 1. The van der Waals surface area contributed by atoms with E-state index < -0.39 is 29.5 Å². The second-order valence-electron chi connectivity index (χ2n) is 10.5. The normalized spacial score (nSPS) is 12.7. The SMILES string of the molecule is COc1cc(C(=O)OC(C)C)cc2nc(-c3cc4ccc([C@@H](C)NC(=O)OC(C)(C)C)c(F)c4[nH]3)n(C)c12. The molecule has 2 aromatic carbocycles. The number of nitrogens with zero attached hydrogens (tertiary/aromatic N) is 2. The lowest BCUT2D eigenvalue weighted by atomic mass is 10.1. The molecular weight excluding hydrogens is 491 g/mol. The number of alkyl carbamates (subject to hydrolysis) is 1. The zero-order valence-corrected chi connectivity index (χ0v) is 22.9. The van der Waals surface area contributed by atoms with Gasteiger partial charge in [-0.3, -0.25) is 0 Å². The third-order valence-electron chi connectivity index (χ3n) is 5.94. The predicted octanol–water partition coefficient (Wildman–Crippen LogP) is 6.02. The third kappa shape index (κ3) is 5.29. The fourth-order valence-corrected chi connectivity index (χ4v) is 4.30. The topological polar surface area (TPSA) is 107 Å². The summed E-state index contributed by atoms with van der Waals surface area (Å²) < 4.78 is 33.6. The van der Waals surface area contributed by atoms with E-state index in [0.29, 0.717) is 44.8 Å². The molecule has 0 fully saturated rings. The molecule has 202 valence electrons. The number of fused-ring (bicyclic) bond motifs is 2. The van der Waals surface area contributed by atoms with Crippen molar-refractivity contribution in [3.63, 3.8) is 0 Å². The molecule has 4 aromatic rings. The Morgan fingerprint density at radius 1 is 1.13 bits per heavy atom. The van der Waals surface area contributed by atoms with Gasteiger partial charge in [0.2, 0.25) is 0 Å². The van der Waals surface area contributed by atoms with E-state index >= 15 is 4.39 Å². The minimum absolute atomic E-state index is 0.267. The molecule has 10 heteroatoms. The number of rotatable bonds is 6. The molecule has 1 amide bonds. The number of aryl methyl sites for hydroxylation is 1. The minimum Gasteiger partial charge on any atom is -0.494 e. The molecule has 0 aliphatic rings. The first-order valence-electron chi connectivity index (χ1n) is 12.4. The standard InChI is InChI=1S/C28H33FN4O5/c1-14(2)37-26(34)17-12-19-24(21(13-17)36-8)33(7)25(32-19)20-11-16-9-10-18(22(29)23(16)31-20)15(3)30-27(35)38-28(4,5)6/h9-15,31H,1-8H3,(H,30,35)/t15-/m1/s1. The van der Waals surface area contributed by atoms with Crippen LogP contribution in [0.4, 0.5) is 9.18 Å². The van der Waals surface area contributed by atoms with E-state index in [1.165, 1.54) is 7.11 Å². The number of imidazole rings is 1. The molecule has 2 N–H and O–H groups in total. The molecule has 0 unspecified atom stereocenters. The fraction of sp³-hybridized carbons (Fsp3) is 0.393. The summed E-state index contributed by atoms with van der Waals surface area (Å²) in [4.78, 5) is 32.5. The van der Waals surface area contributed by atoms with Crippen molar-refractivity contribution in [2.24, 2.45) is 7.05 Å². The van der Waals surface area contributed by atoms with Crippen molar-refractivity contribution in [1.29, 1.82) is 0 Å². The number of ether oxygens (including phenoxy) is 3. The van der Waals surface area contributed by atoms with E-state index in [1.807, 2.05) is 11.6 Å². The highest BCUT2D eigenvalue weighted by atomic mass is 19.1. The zero-order valence-electron chi connectivity index (χ0n) is 22.9. The number of halogens is 1. The van der Waals surface area contributed by atoms with Gasteiger partial charge in [-0.15, -0.1) is 0 Å². The van der Waals surface area contributed by atoms with Crippen LogP contribution in [0.25, 0.3) is 33.5 Å². The molecule has 1 atom stereocenters. The molecule has 0 saturated heterocycles. The molecule has 0 spiro atoms. The Labute approximate surface area is 220 Å². The van der Waals surface area contributed by atoms with Crippen LogP contribution in [0.15, 0.2) is 30.3 Å². The Kier molecular flexibility index (Phi) is 7.10. The van der Waals surface area contributed by atoms with Gasteiger partial charge in [0.05, 0.1) is 41.5 Å². The molecule has 9 nitrogen and oxygen atoms in total. The number of carbonyl (C=O) groups excluding carboxylic acids is 2. The van der Waals surface area contributed by atoms with Crippen LogP contribution in [0.3, 0.4) is 0 Å². The molecule has 0 saturated carbocycles. The second-order valence-corrected chi connectivity index (χ2v) is 10.5. The van der Waals surface area contributed by atoms with Crippen molar-refractivity contribution in [2.75, 3.05) is 7.11 Å². The summed E-state index contributed by atoms with van der Waals surface area (Å²) >= 11 is 0. The molecule has 38 heavy (non-hydrogen) atoms. The fourth-order valence-electron chi connectivity index (χ4n) is 4.30. The highest BCUT2D eigenvalue weighted by molar-refractivity contribution is 5.97. The first-order chi connectivity index (χ1) is 17.8. The summed E-state index contributed by atoms with van der Waals surface area (Å²) in [6.07, 6.45) is -0.890. The van der Waals surface area contributed by atoms with Crippen LogP contribution in [0, 0.1) is 5.82 Å². The van der Waals surface area contributed by atoms with Gasteiger partial charge in [0.15, 0.2) is 11.6 Å². The minimum atomic E-state index is -0.662. The predicted molar refractivity (Wildman–Crippen MR) is 143 cm³/mol. The van der Waals surface area contributed by atoms with Crippen LogP contribution in [0.5, 0.6) is 5.75 Å². The van der Waals surface area contributed by atoms with E-state index in [-0.39, 0.29) is 11.6 Å². The Morgan fingerprint density at radius 3 is 2.47 bits per heavy atom. The van der Waals surface area contributed by atoms with Gasteiger partial charge in [0.1, 0.15) is 16.9 Å². The first kappa shape index (κ1) is 27.0. The van der Waals surface area contributed by atoms with Gasteiger partial charge in [0.25, 0.3) is 0 Å². The van der Waals surface area contributed by atoms with Crippen molar-refractivity contribution in [2.45, 2.75) is 59.3 Å². The molecule has 2 heterocycles. The monoisotopic (exact) mass is 524 g/mol. The van der Waals surface area contributed by atoms with Gasteiger partial charge in [-0.1, -0.05) is 12.1 Å². The third-order valence-corrected chi connectivity index (χ3v) is 5.94. The van der Waals surface area contributed by atoms with E-state index in [4.69, 9.17) is 19.2 Å². The zero-order chi connectivity index (χ0) is 27.9. The van der Waals surface area contributed by atoms with Crippen molar-refractivity contribution in [3.8, 4) is 17.3 Å². The molecular formula is C28H33FN4O5. The molecule has 0 radical (unpaired) electrons. The maximum atomic E-state index is 15.6. The smallest absolute Gasteiger partial charge is 0.408 e. The van der Waals surface area contributed by atoms with Crippen LogP contribution in [-0.4, -0.2) is 45.4 Å². The number of aromatic nitrogens is 3. The van der Waals surface area contributed by atoms with Crippen LogP contribution in [-0.2, 0) is 16.5 Å². The van der Waals surface area contributed by atoms with Crippen LogP contribution in [0.1, 0.15) is 63.5 Å². The van der Waals surface area contributed by atoms with Gasteiger partial charge in [-0.05, 0) is 59.7 Å². The van der Waals surface area contributed by atoms with E-state index in [2.05, 4.69) is 10.3 Å². The molecule has 4 rings (SSSR count). The number of benzene rings is 2. The van der Waals surface area contributed by atoms with Crippen LogP contribution in [0.2, 0.25) is 0 Å². The summed E-state index contributed by atoms with van der Waals surface area (Å²) in [5.74, 6) is 0.0462. The number of esters is 1. The average molecular weight is 525 g/mol. The lowest BCUT2D eigenvalue weighted by Gasteiger charge is -2.22. The second kappa shape index (κ2) is 10.00. The van der Waals surface area contributed by atoms with Crippen LogP contribution < -0.4 is 10.1 Å². The molecule has 0 aliphatic carbocycles. The molecule has 0 aliphatic heterocycles. The van der Waals surface area contributed by atoms with E-state index in [0.717, 1.165) is 0 Å². The Bertz CT molecular complexity index is 1530. The number of hydrogen-bond acceptors (Lipinski definition) is 6. The Hall–Kier alpha value is -4.08. The number of carbonyl (C=O) groups is 2. The molecule has 2 aromatic heterocycles. The maximum absolute atomic E-state index is 15.6. The lowest BCUT2D eigenvalue weighted by molar-refractivity contribution is 0.0376. The van der Waals surface area contributed by atoms with Gasteiger partial charge < -0.3 is 29.1 Å². The van der Waals surface area contributed by atoms with Crippen molar-refractivity contribution in [3.05, 3.63) is 47.3 Å². The summed E-state index contributed by atoms with van der Waals surface area (Å²) in [5.41, 5.74) is 2.06. The van der Waals surface area contributed by atoms with E-state index in [9.17, 15) is 9.59 Å². The number of hydrogen-bond donors (Lipinski definition) is 2. The van der Waals surface area contributed by atoms with Crippen molar-refractivity contribution < 1.29 is 28.2 Å². The van der Waals surface area contributed by atoms with Gasteiger partial charge >= 0.3 is 12.1 Å². The van der Waals surface area contributed by atoms with Gasteiger partial charge in [-0.25, -0.2) is 19.0 Å². The highest BCUT2D eigenvalue weighted by Crippen LogP contribution is 2.34. The summed E-state index contributed by atoms with van der Waals surface area (Å²) in [5, 5.41) is 3.32. The highest BCUT2D eigenvalue weighted by Gasteiger charge is 2.23.